The van der Waals surface area contributed by atoms with Gasteiger partial charge in [0.2, 0.25) is 0 Å². The number of nitrogens with zero attached hydrogens (tertiary/aromatic N) is 1. The van der Waals surface area contributed by atoms with Crippen molar-refractivity contribution in [1.29, 1.82) is 0 Å². The van der Waals surface area contributed by atoms with Gasteiger partial charge in [0.1, 0.15) is 0 Å². The summed E-state index contributed by atoms with van der Waals surface area (Å²) in [6.45, 7) is 7.97. The van der Waals surface area contributed by atoms with E-state index in [4.69, 9.17) is 4.74 Å². The Bertz CT molecular complexity index is 344. The van der Waals surface area contributed by atoms with Crippen LogP contribution in [-0.4, -0.2) is 37.7 Å². The van der Waals surface area contributed by atoms with Crippen molar-refractivity contribution in [2.75, 3.05) is 32.8 Å². The molecule has 1 fully saturated rings. The fourth-order valence-electron chi connectivity index (χ4n) is 2.80. The summed E-state index contributed by atoms with van der Waals surface area (Å²) < 4.78 is 5.74. The summed E-state index contributed by atoms with van der Waals surface area (Å²) in [5.41, 5.74) is 1.42. The minimum atomic E-state index is 0.895. The molecule has 112 valence electrons. The van der Waals surface area contributed by atoms with Crippen molar-refractivity contribution in [3.8, 4) is 0 Å². The van der Waals surface area contributed by atoms with Gasteiger partial charge >= 0.3 is 0 Å². The van der Waals surface area contributed by atoms with Gasteiger partial charge in [-0.3, -0.25) is 0 Å². The Morgan fingerprint density at radius 2 is 1.75 bits per heavy atom. The highest BCUT2D eigenvalue weighted by atomic mass is 16.5. The lowest BCUT2D eigenvalue weighted by atomic mass is 9.99. The van der Waals surface area contributed by atoms with Crippen LogP contribution in [0.15, 0.2) is 30.3 Å². The third-order valence-electron chi connectivity index (χ3n) is 4.24. The van der Waals surface area contributed by atoms with Crippen LogP contribution < -0.4 is 0 Å². The molecule has 1 aromatic rings. The van der Waals surface area contributed by atoms with Gasteiger partial charge in [-0.25, -0.2) is 0 Å². The second-order valence-electron chi connectivity index (χ2n) is 6.08. The average Bonchev–Trinajstić information content (AvgIpc) is 2.49. The van der Waals surface area contributed by atoms with Crippen molar-refractivity contribution < 1.29 is 4.74 Å². The summed E-state index contributed by atoms with van der Waals surface area (Å²) in [5.74, 6) is 0.931. The fourth-order valence-corrected chi connectivity index (χ4v) is 2.80. The minimum Gasteiger partial charge on any atom is -0.381 e. The molecular formula is C18H29NO. The van der Waals surface area contributed by atoms with Crippen LogP contribution >= 0.6 is 0 Å². The fraction of sp³-hybridized carbons (Fsp3) is 0.667. The van der Waals surface area contributed by atoms with Gasteiger partial charge in [-0.15, -0.1) is 0 Å². The van der Waals surface area contributed by atoms with Gasteiger partial charge < -0.3 is 9.64 Å². The zero-order chi connectivity index (χ0) is 14.0. The quantitative estimate of drug-likeness (QED) is 0.670. The van der Waals surface area contributed by atoms with E-state index in [0.717, 1.165) is 32.0 Å². The SMILES string of the molecule is CC1CCN(CCCOCCCc2ccccc2)CC1. The van der Waals surface area contributed by atoms with Gasteiger partial charge in [-0.2, -0.15) is 0 Å². The lowest BCUT2D eigenvalue weighted by Gasteiger charge is -2.30. The molecule has 2 nitrogen and oxygen atoms in total. The summed E-state index contributed by atoms with van der Waals surface area (Å²) in [6, 6.07) is 10.7. The maximum absolute atomic E-state index is 5.74. The first-order valence-electron chi connectivity index (χ1n) is 8.18. The van der Waals surface area contributed by atoms with Crippen LogP contribution in [0.4, 0.5) is 0 Å². The summed E-state index contributed by atoms with van der Waals surface area (Å²) in [5, 5.41) is 0. The van der Waals surface area contributed by atoms with Crippen LogP contribution in [0, 0.1) is 5.92 Å². The Kier molecular flexibility index (Phi) is 7.10. The van der Waals surface area contributed by atoms with E-state index in [2.05, 4.69) is 42.2 Å². The van der Waals surface area contributed by atoms with Gasteiger partial charge in [0.25, 0.3) is 0 Å². The molecule has 0 N–H and O–H groups in total. The van der Waals surface area contributed by atoms with Crippen molar-refractivity contribution in [2.45, 2.75) is 39.0 Å². The maximum Gasteiger partial charge on any atom is 0.0478 e. The topological polar surface area (TPSA) is 12.5 Å². The smallest absolute Gasteiger partial charge is 0.0478 e. The van der Waals surface area contributed by atoms with E-state index in [1.165, 1.54) is 44.5 Å². The zero-order valence-electron chi connectivity index (χ0n) is 12.9. The van der Waals surface area contributed by atoms with Crippen molar-refractivity contribution in [3.05, 3.63) is 35.9 Å². The van der Waals surface area contributed by atoms with Crippen LogP contribution in [0.5, 0.6) is 0 Å². The van der Waals surface area contributed by atoms with E-state index in [-0.39, 0.29) is 0 Å². The summed E-state index contributed by atoms with van der Waals surface area (Å²) in [6.07, 6.45) is 6.19. The molecular weight excluding hydrogens is 246 g/mol. The molecule has 0 aromatic heterocycles. The Morgan fingerprint density at radius 3 is 2.50 bits per heavy atom. The number of ether oxygens (including phenoxy) is 1. The second-order valence-corrected chi connectivity index (χ2v) is 6.08. The number of aryl methyl sites for hydroxylation is 1. The first-order chi connectivity index (χ1) is 9.84. The van der Waals surface area contributed by atoms with E-state index >= 15 is 0 Å². The lowest BCUT2D eigenvalue weighted by molar-refractivity contribution is 0.111. The molecule has 0 spiro atoms. The predicted octanol–water partition coefficient (Wildman–Crippen LogP) is 3.76. The molecule has 2 rings (SSSR count). The molecule has 1 aliphatic heterocycles. The Labute approximate surface area is 124 Å². The standard InChI is InChI=1S/C18H29NO/c1-17-10-13-19(14-11-17)12-6-16-20-15-5-9-18-7-3-2-4-8-18/h2-4,7-8,17H,5-6,9-16H2,1H3. The Balaban J connectivity index is 1.42. The Morgan fingerprint density at radius 1 is 1.05 bits per heavy atom. The maximum atomic E-state index is 5.74. The molecule has 0 unspecified atom stereocenters. The normalized spacial score (nSPS) is 17.4. The second kappa shape index (κ2) is 9.15. The lowest BCUT2D eigenvalue weighted by Crippen LogP contribution is -2.34. The monoisotopic (exact) mass is 275 g/mol. The van der Waals surface area contributed by atoms with E-state index in [0.29, 0.717) is 0 Å². The number of benzene rings is 1. The summed E-state index contributed by atoms with van der Waals surface area (Å²) in [4.78, 5) is 2.59. The molecule has 0 saturated carbocycles. The average molecular weight is 275 g/mol. The zero-order valence-corrected chi connectivity index (χ0v) is 12.9. The number of likely N-dealkylation sites (tertiary alicyclic amines) is 1. The summed E-state index contributed by atoms with van der Waals surface area (Å²) >= 11 is 0. The van der Waals surface area contributed by atoms with E-state index in [9.17, 15) is 0 Å². The molecule has 20 heavy (non-hydrogen) atoms. The first-order valence-corrected chi connectivity index (χ1v) is 8.18. The van der Waals surface area contributed by atoms with Gasteiger partial charge in [-0.1, -0.05) is 37.3 Å². The molecule has 1 aromatic carbocycles. The van der Waals surface area contributed by atoms with Crippen LogP contribution in [-0.2, 0) is 11.2 Å². The van der Waals surface area contributed by atoms with Crippen LogP contribution in [0.1, 0.15) is 38.2 Å². The van der Waals surface area contributed by atoms with Crippen molar-refractivity contribution in [1.82, 2.24) is 4.90 Å². The molecule has 0 bridgehead atoms. The van der Waals surface area contributed by atoms with Crippen LogP contribution in [0.3, 0.4) is 0 Å². The Hall–Kier alpha value is -0.860. The van der Waals surface area contributed by atoms with E-state index < -0.39 is 0 Å². The van der Waals surface area contributed by atoms with Gasteiger partial charge in [-0.05, 0) is 56.7 Å². The molecule has 1 saturated heterocycles. The highest BCUT2D eigenvalue weighted by molar-refractivity contribution is 5.14. The third kappa shape index (κ3) is 6.06. The summed E-state index contributed by atoms with van der Waals surface area (Å²) in [7, 11) is 0. The molecule has 0 radical (unpaired) electrons. The third-order valence-corrected chi connectivity index (χ3v) is 4.24. The van der Waals surface area contributed by atoms with Crippen molar-refractivity contribution in [3.63, 3.8) is 0 Å². The van der Waals surface area contributed by atoms with Crippen LogP contribution in [0.2, 0.25) is 0 Å². The number of rotatable bonds is 8. The molecule has 0 aliphatic carbocycles. The number of hydrogen-bond donors (Lipinski definition) is 0. The van der Waals surface area contributed by atoms with Gasteiger partial charge in [0.05, 0.1) is 0 Å². The molecule has 1 heterocycles. The van der Waals surface area contributed by atoms with E-state index in [1.54, 1.807) is 0 Å². The van der Waals surface area contributed by atoms with Crippen molar-refractivity contribution in [2.24, 2.45) is 5.92 Å². The molecule has 0 amide bonds. The minimum absolute atomic E-state index is 0.895. The van der Waals surface area contributed by atoms with Gasteiger partial charge in [0, 0.05) is 19.8 Å². The molecule has 1 aliphatic rings. The molecule has 2 heteroatoms. The predicted molar refractivity (Wildman–Crippen MR) is 85.0 cm³/mol. The van der Waals surface area contributed by atoms with Crippen molar-refractivity contribution >= 4 is 0 Å². The molecule has 0 atom stereocenters. The first kappa shape index (κ1) is 15.5. The highest BCUT2D eigenvalue weighted by Gasteiger charge is 2.14. The van der Waals surface area contributed by atoms with Crippen LogP contribution in [0.25, 0.3) is 0 Å². The highest BCUT2D eigenvalue weighted by Crippen LogP contribution is 2.15. The number of hydrogen-bond acceptors (Lipinski definition) is 2. The largest absolute Gasteiger partial charge is 0.381 e. The number of piperidine rings is 1. The van der Waals surface area contributed by atoms with Gasteiger partial charge in [0.15, 0.2) is 0 Å². The van der Waals surface area contributed by atoms with E-state index in [1.807, 2.05) is 0 Å².